The van der Waals surface area contributed by atoms with E-state index in [0.29, 0.717) is 11.1 Å². The number of piperidine rings is 1. The summed E-state index contributed by atoms with van der Waals surface area (Å²) in [4.78, 5) is 12.2. The van der Waals surface area contributed by atoms with Crippen molar-refractivity contribution < 1.29 is 9.53 Å². The topological polar surface area (TPSA) is 38.3 Å². The van der Waals surface area contributed by atoms with Gasteiger partial charge in [-0.1, -0.05) is 42.6 Å². The number of benzene rings is 1. The average Bonchev–Trinajstić information content (AvgIpc) is 2.53. The number of hydrogen-bond donors (Lipinski definition) is 1. The molecule has 3 rings (SSSR count). The van der Waals surface area contributed by atoms with Crippen molar-refractivity contribution in [2.45, 2.75) is 57.2 Å². The number of fused-ring (bicyclic) bond motifs is 1. The summed E-state index contributed by atoms with van der Waals surface area (Å²) < 4.78 is 5.44. The largest absolute Gasteiger partial charge is 0.460 e. The molecule has 4 heteroatoms. The van der Waals surface area contributed by atoms with Crippen molar-refractivity contribution in [1.82, 2.24) is 5.32 Å². The second-order valence-electron chi connectivity index (χ2n) is 6.15. The Labute approximate surface area is 131 Å². The molecule has 0 spiro atoms. The van der Waals surface area contributed by atoms with E-state index >= 15 is 0 Å². The minimum absolute atomic E-state index is 0.140. The summed E-state index contributed by atoms with van der Waals surface area (Å²) in [7, 11) is 0. The number of ether oxygens (including phenoxy) is 1. The average molecular weight is 308 g/mol. The molecule has 3 atom stereocenters. The smallest absolute Gasteiger partial charge is 0.323 e. The van der Waals surface area contributed by atoms with Gasteiger partial charge in [0.05, 0.1) is 0 Å². The van der Waals surface area contributed by atoms with Gasteiger partial charge in [-0.25, -0.2) is 0 Å². The van der Waals surface area contributed by atoms with Crippen molar-refractivity contribution in [2.75, 3.05) is 0 Å². The van der Waals surface area contributed by atoms with E-state index in [1.165, 1.54) is 25.7 Å². The molecule has 1 saturated heterocycles. The zero-order valence-corrected chi connectivity index (χ0v) is 12.9. The molecule has 1 aliphatic heterocycles. The maximum Gasteiger partial charge on any atom is 0.323 e. The van der Waals surface area contributed by atoms with Crippen molar-refractivity contribution in [2.24, 2.45) is 5.92 Å². The molecule has 3 nitrogen and oxygen atoms in total. The third-order valence-corrected chi connectivity index (χ3v) is 5.13. The third kappa shape index (κ3) is 3.58. The Morgan fingerprint density at radius 1 is 1.19 bits per heavy atom. The minimum Gasteiger partial charge on any atom is -0.460 e. The van der Waals surface area contributed by atoms with Gasteiger partial charge in [0.25, 0.3) is 0 Å². The number of nitrogens with one attached hydrogen (secondary N) is 1. The van der Waals surface area contributed by atoms with E-state index in [0.717, 1.165) is 24.3 Å². The lowest BCUT2D eigenvalue weighted by Gasteiger charge is -2.39. The standard InChI is InChI=1S/C17H22ClNO2/c18-14-7-3-1-6-13(14)11-21-17(20)16-10-9-12-5-2-4-8-15(12)19-16/h1,3,6-7,12,15-16,19H,2,4-5,8-11H2. The highest BCUT2D eigenvalue weighted by Gasteiger charge is 2.35. The van der Waals surface area contributed by atoms with Crippen LogP contribution in [0.1, 0.15) is 44.1 Å². The fraction of sp³-hybridized carbons (Fsp3) is 0.588. The first-order valence-electron chi connectivity index (χ1n) is 7.90. The fourth-order valence-electron chi connectivity index (χ4n) is 3.55. The molecular weight excluding hydrogens is 286 g/mol. The van der Waals surface area contributed by atoms with Crippen LogP contribution in [-0.2, 0) is 16.1 Å². The second-order valence-corrected chi connectivity index (χ2v) is 6.55. The number of hydrogen-bond acceptors (Lipinski definition) is 3. The normalized spacial score (nSPS) is 28.7. The van der Waals surface area contributed by atoms with Gasteiger partial charge in [-0.15, -0.1) is 0 Å². The van der Waals surface area contributed by atoms with E-state index in [1.54, 1.807) is 0 Å². The summed E-state index contributed by atoms with van der Waals surface area (Å²) in [5, 5.41) is 4.15. The van der Waals surface area contributed by atoms with Gasteiger partial charge in [0.2, 0.25) is 0 Å². The summed E-state index contributed by atoms with van der Waals surface area (Å²) in [6.07, 6.45) is 7.14. The molecule has 3 unspecified atom stereocenters. The van der Waals surface area contributed by atoms with E-state index < -0.39 is 0 Å². The molecule has 2 fully saturated rings. The van der Waals surface area contributed by atoms with Crippen LogP contribution < -0.4 is 5.32 Å². The Kier molecular flexibility index (Phi) is 4.81. The summed E-state index contributed by atoms with van der Waals surface area (Å²) in [5.41, 5.74) is 0.860. The molecule has 1 saturated carbocycles. The SMILES string of the molecule is O=C(OCc1ccccc1Cl)C1CCC2CCCCC2N1. The summed E-state index contributed by atoms with van der Waals surface area (Å²) in [6, 6.07) is 7.84. The lowest BCUT2D eigenvalue weighted by atomic mass is 9.78. The number of rotatable bonds is 3. The van der Waals surface area contributed by atoms with Crippen LogP contribution in [0.2, 0.25) is 5.02 Å². The van der Waals surface area contributed by atoms with Gasteiger partial charge in [-0.2, -0.15) is 0 Å². The zero-order chi connectivity index (χ0) is 14.7. The highest BCUT2D eigenvalue weighted by Crippen LogP contribution is 2.32. The van der Waals surface area contributed by atoms with E-state index in [-0.39, 0.29) is 18.6 Å². The Balaban J connectivity index is 1.53. The molecular formula is C17H22ClNO2. The molecule has 0 bridgehead atoms. The van der Waals surface area contributed by atoms with Crippen LogP contribution in [0.3, 0.4) is 0 Å². The Morgan fingerprint density at radius 3 is 2.86 bits per heavy atom. The van der Waals surface area contributed by atoms with Gasteiger partial charge >= 0.3 is 5.97 Å². The van der Waals surface area contributed by atoms with Crippen LogP contribution in [0.15, 0.2) is 24.3 Å². The van der Waals surface area contributed by atoms with Crippen LogP contribution in [0.4, 0.5) is 0 Å². The molecule has 1 aromatic carbocycles. The predicted molar refractivity (Wildman–Crippen MR) is 83.2 cm³/mol. The van der Waals surface area contributed by atoms with Crippen molar-refractivity contribution in [3.8, 4) is 0 Å². The minimum atomic E-state index is -0.146. The van der Waals surface area contributed by atoms with Gasteiger partial charge in [-0.05, 0) is 37.7 Å². The zero-order valence-electron chi connectivity index (χ0n) is 12.2. The van der Waals surface area contributed by atoms with E-state index in [2.05, 4.69) is 5.32 Å². The molecule has 0 radical (unpaired) electrons. The quantitative estimate of drug-likeness (QED) is 0.865. The molecule has 1 heterocycles. The van der Waals surface area contributed by atoms with Gasteiger partial charge in [0.1, 0.15) is 12.6 Å². The predicted octanol–water partition coefficient (Wildman–Crippen LogP) is 3.69. The fourth-order valence-corrected chi connectivity index (χ4v) is 3.74. The monoisotopic (exact) mass is 307 g/mol. The molecule has 1 N–H and O–H groups in total. The van der Waals surface area contributed by atoms with Gasteiger partial charge in [0, 0.05) is 16.6 Å². The number of halogens is 1. The van der Waals surface area contributed by atoms with Crippen molar-refractivity contribution in [1.29, 1.82) is 0 Å². The van der Waals surface area contributed by atoms with Crippen molar-refractivity contribution in [3.05, 3.63) is 34.9 Å². The molecule has 114 valence electrons. The molecule has 1 aliphatic carbocycles. The van der Waals surface area contributed by atoms with Gasteiger partial charge < -0.3 is 10.1 Å². The summed E-state index contributed by atoms with van der Waals surface area (Å²) in [5.74, 6) is 0.616. The number of esters is 1. The molecule has 21 heavy (non-hydrogen) atoms. The number of carbonyl (C=O) groups is 1. The second kappa shape index (κ2) is 6.80. The van der Waals surface area contributed by atoms with E-state index in [1.807, 2.05) is 24.3 Å². The molecule has 0 amide bonds. The molecule has 1 aromatic rings. The lowest BCUT2D eigenvalue weighted by molar-refractivity contribution is -0.149. The van der Waals surface area contributed by atoms with Crippen LogP contribution in [0, 0.1) is 5.92 Å². The van der Waals surface area contributed by atoms with Gasteiger partial charge in [0.15, 0.2) is 0 Å². The van der Waals surface area contributed by atoms with Crippen LogP contribution >= 0.6 is 11.6 Å². The highest BCUT2D eigenvalue weighted by atomic mass is 35.5. The third-order valence-electron chi connectivity index (χ3n) is 4.76. The van der Waals surface area contributed by atoms with Crippen LogP contribution in [-0.4, -0.2) is 18.1 Å². The lowest BCUT2D eigenvalue weighted by Crippen LogP contribution is -2.52. The molecule has 0 aromatic heterocycles. The summed E-state index contributed by atoms with van der Waals surface area (Å²) >= 11 is 6.08. The maximum atomic E-state index is 12.2. The first-order valence-corrected chi connectivity index (χ1v) is 8.28. The van der Waals surface area contributed by atoms with E-state index in [4.69, 9.17) is 16.3 Å². The first kappa shape index (κ1) is 14.9. The van der Waals surface area contributed by atoms with Crippen LogP contribution in [0.25, 0.3) is 0 Å². The first-order chi connectivity index (χ1) is 10.2. The van der Waals surface area contributed by atoms with E-state index in [9.17, 15) is 4.79 Å². The van der Waals surface area contributed by atoms with Gasteiger partial charge in [-0.3, -0.25) is 4.79 Å². The Morgan fingerprint density at radius 2 is 2.00 bits per heavy atom. The molecule has 2 aliphatic rings. The van der Waals surface area contributed by atoms with Crippen molar-refractivity contribution >= 4 is 17.6 Å². The Bertz CT molecular complexity index is 505. The van der Waals surface area contributed by atoms with Crippen LogP contribution in [0.5, 0.6) is 0 Å². The number of carbonyl (C=O) groups excluding carboxylic acids is 1. The summed E-state index contributed by atoms with van der Waals surface area (Å²) in [6.45, 7) is 0.255. The maximum absolute atomic E-state index is 12.2. The highest BCUT2D eigenvalue weighted by molar-refractivity contribution is 6.31. The Hall–Kier alpha value is -1.06. The van der Waals surface area contributed by atoms with Crippen molar-refractivity contribution in [3.63, 3.8) is 0 Å².